The van der Waals surface area contributed by atoms with Crippen LogP contribution in [-0.2, 0) is 20.1 Å². The zero-order chi connectivity index (χ0) is 17.8. The highest BCUT2D eigenvalue weighted by Gasteiger charge is 2.26. The molecule has 26 heavy (non-hydrogen) atoms. The molecule has 2 aliphatic rings. The fourth-order valence-corrected chi connectivity index (χ4v) is 4.32. The van der Waals surface area contributed by atoms with Gasteiger partial charge in [0, 0.05) is 32.3 Å². The lowest BCUT2D eigenvalue weighted by atomic mass is 9.97. The van der Waals surface area contributed by atoms with Crippen LogP contribution >= 0.6 is 0 Å². The van der Waals surface area contributed by atoms with Crippen molar-refractivity contribution in [1.82, 2.24) is 29.5 Å². The van der Waals surface area contributed by atoms with Crippen molar-refractivity contribution in [2.45, 2.75) is 51.1 Å². The number of nitrogens with zero attached hydrogens (tertiary/aromatic N) is 6. The maximum atomic E-state index is 4.59. The van der Waals surface area contributed by atoms with Crippen LogP contribution in [0.25, 0.3) is 0 Å². The maximum absolute atomic E-state index is 4.59. The predicted octanol–water partition coefficient (Wildman–Crippen LogP) is 2.58. The van der Waals surface area contributed by atoms with E-state index in [0.29, 0.717) is 5.92 Å². The summed E-state index contributed by atoms with van der Waals surface area (Å²) in [6.45, 7) is 6.45. The molecule has 2 aromatic heterocycles. The molecule has 0 spiro atoms. The van der Waals surface area contributed by atoms with Crippen molar-refractivity contribution in [3.05, 3.63) is 41.7 Å². The van der Waals surface area contributed by atoms with Crippen molar-refractivity contribution in [1.29, 1.82) is 0 Å². The topological polar surface area (TPSA) is 50.1 Å². The Bertz CT molecular complexity index is 692. The molecule has 0 amide bonds. The zero-order valence-electron chi connectivity index (χ0n) is 15.8. The van der Waals surface area contributed by atoms with Crippen LogP contribution in [0.4, 0.5) is 0 Å². The Labute approximate surface area is 156 Å². The minimum absolute atomic E-state index is 0.472. The summed E-state index contributed by atoms with van der Waals surface area (Å²) in [6.07, 6.45) is 8.30. The highest BCUT2D eigenvalue weighted by atomic mass is 15.3. The molecule has 2 fully saturated rings. The normalized spacial score (nSPS) is 22.6. The van der Waals surface area contributed by atoms with Crippen molar-refractivity contribution in [2.75, 3.05) is 26.2 Å². The highest BCUT2D eigenvalue weighted by molar-refractivity contribution is 5.07. The van der Waals surface area contributed by atoms with Gasteiger partial charge >= 0.3 is 0 Å². The third-order valence-corrected chi connectivity index (χ3v) is 5.79. The summed E-state index contributed by atoms with van der Waals surface area (Å²) in [5.41, 5.74) is 1.15. The van der Waals surface area contributed by atoms with Gasteiger partial charge < -0.3 is 4.57 Å². The van der Waals surface area contributed by atoms with E-state index in [4.69, 9.17) is 0 Å². The van der Waals surface area contributed by atoms with Crippen LogP contribution in [0.3, 0.4) is 0 Å². The van der Waals surface area contributed by atoms with Crippen LogP contribution in [0, 0.1) is 0 Å². The summed E-state index contributed by atoms with van der Waals surface area (Å²) < 4.78 is 2.25. The van der Waals surface area contributed by atoms with Gasteiger partial charge in [0.2, 0.25) is 0 Å². The molecule has 2 aliphatic heterocycles. The van der Waals surface area contributed by atoms with Gasteiger partial charge in [-0.05, 0) is 57.5 Å². The quantitative estimate of drug-likeness (QED) is 0.826. The highest BCUT2D eigenvalue weighted by Crippen LogP contribution is 2.27. The SMILES string of the molecule is Cn1c(CN2CCCCC2)nnc1[C@@H]1CCCN(Cc2ccccn2)C1. The molecule has 0 bridgehead atoms. The van der Waals surface area contributed by atoms with E-state index in [9.17, 15) is 0 Å². The second kappa shape index (κ2) is 8.27. The fourth-order valence-electron chi connectivity index (χ4n) is 4.32. The summed E-state index contributed by atoms with van der Waals surface area (Å²) >= 11 is 0. The first-order valence-corrected chi connectivity index (χ1v) is 10.0. The molecule has 2 saturated heterocycles. The first kappa shape index (κ1) is 17.6. The number of piperidine rings is 2. The molecule has 0 radical (unpaired) electrons. The first-order valence-electron chi connectivity index (χ1n) is 10.0. The van der Waals surface area contributed by atoms with Crippen LogP contribution in [0.15, 0.2) is 24.4 Å². The number of aromatic nitrogens is 4. The predicted molar refractivity (Wildman–Crippen MR) is 102 cm³/mol. The van der Waals surface area contributed by atoms with Gasteiger partial charge in [-0.15, -0.1) is 10.2 Å². The van der Waals surface area contributed by atoms with Gasteiger partial charge in [0.15, 0.2) is 0 Å². The lowest BCUT2D eigenvalue weighted by Crippen LogP contribution is -2.35. The van der Waals surface area contributed by atoms with Crippen LogP contribution < -0.4 is 0 Å². The molecule has 0 aromatic carbocycles. The largest absolute Gasteiger partial charge is 0.317 e. The Morgan fingerprint density at radius 1 is 0.962 bits per heavy atom. The summed E-state index contributed by atoms with van der Waals surface area (Å²) in [6, 6.07) is 6.16. The van der Waals surface area contributed by atoms with E-state index in [1.54, 1.807) is 0 Å². The molecule has 2 aromatic rings. The van der Waals surface area contributed by atoms with E-state index in [2.05, 4.69) is 48.7 Å². The maximum Gasteiger partial charge on any atom is 0.146 e. The molecule has 0 N–H and O–H groups in total. The van der Waals surface area contributed by atoms with Gasteiger partial charge in [-0.3, -0.25) is 14.8 Å². The van der Waals surface area contributed by atoms with Crippen molar-refractivity contribution >= 4 is 0 Å². The number of likely N-dealkylation sites (tertiary alicyclic amines) is 2. The third-order valence-electron chi connectivity index (χ3n) is 5.79. The minimum Gasteiger partial charge on any atom is -0.317 e. The second-order valence-electron chi connectivity index (χ2n) is 7.77. The number of hydrogen-bond acceptors (Lipinski definition) is 5. The van der Waals surface area contributed by atoms with Crippen molar-refractivity contribution in [3.63, 3.8) is 0 Å². The van der Waals surface area contributed by atoms with Gasteiger partial charge in [0.25, 0.3) is 0 Å². The third kappa shape index (κ3) is 4.13. The molecule has 0 saturated carbocycles. The fraction of sp³-hybridized carbons (Fsp3) is 0.650. The van der Waals surface area contributed by atoms with Gasteiger partial charge in [0.1, 0.15) is 11.6 Å². The molecular weight excluding hydrogens is 324 g/mol. The summed E-state index contributed by atoms with van der Waals surface area (Å²) in [4.78, 5) is 9.51. The zero-order valence-corrected chi connectivity index (χ0v) is 15.8. The van der Waals surface area contributed by atoms with Crippen molar-refractivity contribution in [2.24, 2.45) is 7.05 Å². The van der Waals surface area contributed by atoms with Crippen LogP contribution in [0.1, 0.15) is 55.4 Å². The van der Waals surface area contributed by atoms with E-state index in [1.165, 1.54) is 45.2 Å². The Hall–Kier alpha value is -1.79. The monoisotopic (exact) mass is 354 g/mol. The minimum atomic E-state index is 0.472. The van der Waals surface area contributed by atoms with E-state index in [0.717, 1.165) is 43.5 Å². The van der Waals surface area contributed by atoms with Crippen molar-refractivity contribution < 1.29 is 0 Å². The molecule has 0 aliphatic carbocycles. The number of pyridine rings is 1. The van der Waals surface area contributed by atoms with E-state index in [-0.39, 0.29) is 0 Å². The van der Waals surface area contributed by atoms with Gasteiger partial charge in [-0.25, -0.2) is 0 Å². The van der Waals surface area contributed by atoms with Crippen molar-refractivity contribution in [3.8, 4) is 0 Å². The van der Waals surface area contributed by atoms with Gasteiger partial charge in [-0.1, -0.05) is 12.5 Å². The smallest absolute Gasteiger partial charge is 0.146 e. The number of hydrogen-bond donors (Lipinski definition) is 0. The summed E-state index contributed by atoms with van der Waals surface area (Å²) in [5.74, 6) is 2.74. The molecule has 1 atom stereocenters. The molecule has 6 heteroatoms. The van der Waals surface area contributed by atoms with Gasteiger partial charge in [-0.2, -0.15) is 0 Å². The Morgan fingerprint density at radius 2 is 1.81 bits per heavy atom. The number of rotatable bonds is 5. The summed E-state index contributed by atoms with van der Waals surface area (Å²) in [5, 5.41) is 9.12. The standard InChI is InChI=1S/C20H30N6/c1-24-19(16-25-11-5-2-6-12-25)22-23-20(24)17-8-7-13-26(14-17)15-18-9-3-4-10-21-18/h3-4,9-10,17H,2,5-8,11-16H2,1H3/t17-/m1/s1. The van der Waals surface area contributed by atoms with Gasteiger partial charge in [0.05, 0.1) is 12.2 Å². The van der Waals surface area contributed by atoms with E-state index in [1.807, 2.05) is 12.3 Å². The molecule has 4 rings (SSSR count). The molecule has 6 nitrogen and oxygen atoms in total. The lowest BCUT2D eigenvalue weighted by molar-refractivity contribution is 0.192. The Balaban J connectivity index is 1.40. The average Bonchev–Trinajstić information content (AvgIpc) is 3.04. The van der Waals surface area contributed by atoms with Crippen LogP contribution in [-0.4, -0.2) is 55.7 Å². The Kier molecular flexibility index (Phi) is 5.60. The second-order valence-corrected chi connectivity index (χ2v) is 7.77. The lowest BCUT2D eigenvalue weighted by Gasteiger charge is -2.32. The van der Waals surface area contributed by atoms with Crippen LogP contribution in [0.2, 0.25) is 0 Å². The summed E-state index contributed by atoms with van der Waals surface area (Å²) in [7, 11) is 2.15. The molecule has 0 unspecified atom stereocenters. The average molecular weight is 355 g/mol. The van der Waals surface area contributed by atoms with E-state index >= 15 is 0 Å². The first-order chi connectivity index (χ1) is 12.8. The molecular formula is C20H30N6. The van der Waals surface area contributed by atoms with E-state index < -0.39 is 0 Å². The Morgan fingerprint density at radius 3 is 2.62 bits per heavy atom. The molecule has 4 heterocycles. The van der Waals surface area contributed by atoms with Crippen LogP contribution in [0.5, 0.6) is 0 Å². The molecule has 140 valence electrons.